The van der Waals surface area contributed by atoms with E-state index in [9.17, 15) is 8.78 Å². The Morgan fingerprint density at radius 2 is 2.00 bits per heavy atom. The molecule has 1 rings (SSSR count). The van der Waals surface area contributed by atoms with E-state index in [1.54, 1.807) is 6.92 Å². The van der Waals surface area contributed by atoms with Crippen LogP contribution < -0.4 is 0 Å². The second-order valence-corrected chi connectivity index (χ2v) is 2.22. The average molecular weight is 142 g/mol. The zero-order valence-corrected chi connectivity index (χ0v) is 5.70. The lowest BCUT2D eigenvalue weighted by atomic mass is 10.2. The third-order valence-corrected chi connectivity index (χ3v) is 1.37. The van der Waals surface area contributed by atoms with E-state index in [0.717, 1.165) is 0 Å². The largest absolute Gasteiger partial charge is 0.211 e. The second-order valence-electron chi connectivity index (χ2n) is 2.22. The fourth-order valence-corrected chi connectivity index (χ4v) is 0.711. The van der Waals surface area contributed by atoms with Crippen LogP contribution in [-0.2, 0) is 0 Å². The lowest BCUT2D eigenvalue weighted by Gasteiger charge is -1.90. The van der Waals surface area contributed by atoms with Crippen LogP contribution in [0.15, 0.2) is 35.5 Å². The van der Waals surface area contributed by atoms with Gasteiger partial charge in [-0.15, -0.1) is 0 Å². The summed E-state index contributed by atoms with van der Waals surface area (Å²) in [5.74, 6) is -0.629. The predicted molar refractivity (Wildman–Crippen MR) is 36.8 cm³/mol. The summed E-state index contributed by atoms with van der Waals surface area (Å²) in [7, 11) is 0. The van der Waals surface area contributed by atoms with Gasteiger partial charge in [-0.3, -0.25) is 0 Å². The number of hydrogen-bond acceptors (Lipinski definition) is 0. The molecule has 1 aliphatic rings. The first-order valence-electron chi connectivity index (χ1n) is 3.09. The van der Waals surface area contributed by atoms with Crippen molar-refractivity contribution < 1.29 is 8.78 Å². The van der Waals surface area contributed by atoms with Gasteiger partial charge in [0.25, 0.3) is 0 Å². The summed E-state index contributed by atoms with van der Waals surface area (Å²) in [5, 5.41) is 0. The molecule has 0 nitrogen and oxygen atoms in total. The highest BCUT2D eigenvalue weighted by Gasteiger charge is 2.01. The molecule has 0 spiro atoms. The highest BCUT2D eigenvalue weighted by atomic mass is 19.1. The third kappa shape index (κ3) is 1.53. The van der Waals surface area contributed by atoms with E-state index in [1.807, 2.05) is 0 Å². The van der Waals surface area contributed by atoms with Crippen molar-refractivity contribution in [1.29, 1.82) is 0 Å². The Kier molecular flexibility index (Phi) is 2.00. The van der Waals surface area contributed by atoms with E-state index < -0.39 is 0 Å². The zero-order chi connectivity index (χ0) is 7.56. The lowest BCUT2D eigenvalue weighted by molar-refractivity contribution is 0.608. The average Bonchev–Trinajstić information content (AvgIpc) is 2.04. The highest BCUT2D eigenvalue weighted by molar-refractivity contribution is 5.31. The molecule has 0 aromatic carbocycles. The minimum atomic E-state index is -0.330. The van der Waals surface area contributed by atoms with E-state index in [0.29, 0.717) is 5.57 Å². The van der Waals surface area contributed by atoms with Crippen molar-refractivity contribution in [2.24, 2.45) is 0 Å². The van der Waals surface area contributed by atoms with Gasteiger partial charge in [0.2, 0.25) is 0 Å². The fraction of sp³-hybridized carbons (Fsp3) is 0.250. The van der Waals surface area contributed by atoms with Crippen molar-refractivity contribution in [2.75, 3.05) is 0 Å². The SMILES string of the molecule is CC1=CC=C(F)CC=C1F. The number of hydrogen-bond donors (Lipinski definition) is 0. The van der Waals surface area contributed by atoms with Crippen molar-refractivity contribution in [1.82, 2.24) is 0 Å². The molecular formula is C8H8F2. The molecule has 2 heteroatoms. The van der Waals surface area contributed by atoms with Gasteiger partial charge in [-0.25, -0.2) is 8.78 Å². The highest BCUT2D eigenvalue weighted by Crippen LogP contribution is 2.18. The zero-order valence-electron chi connectivity index (χ0n) is 5.70. The van der Waals surface area contributed by atoms with E-state index in [-0.39, 0.29) is 18.1 Å². The molecule has 0 N–H and O–H groups in total. The third-order valence-electron chi connectivity index (χ3n) is 1.37. The van der Waals surface area contributed by atoms with Gasteiger partial charge in [-0.05, 0) is 24.6 Å². The van der Waals surface area contributed by atoms with Gasteiger partial charge in [0, 0.05) is 6.42 Å². The number of halogens is 2. The Labute approximate surface area is 58.6 Å². The summed E-state index contributed by atoms with van der Waals surface area (Å²) in [5.41, 5.74) is 0.479. The number of allylic oxidation sites excluding steroid dienone is 6. The van der Waals surface area contributed by atoms with Crippen LogP contribution in [0.25, 0.3) is 0 Å². The van der Waals surface area contributed by atoms with Crippen LogP contribution in [0.3, 0.4) is 0 Å². The van der Waals surface area contributed by atoms with Crippen LogP contribution in [0.2, 0.25) is 0 Å². The molecular weight excluding hydrogens is 134 g/mol. The van der Waals surface area contributed by atoms with Gasteiger partial charge < -0.3 is 0 Å². The molecule has 0 atom stereocenters. The molecule has 0 aromatic rings. The van der Waals surface area contributed by atoms with Gasteiger partial charge in [0.05, 0.1) is 0 Å². The smallest absolute Gasteiger partial charge is 0.122 e. The summed E-state index contributed by atoms with van der Waals surface area (Å²) in [6.45, 7) is 1.61. The fourth-order valence-electron chi connectivity index (χ4n) is 0.711. The predicted octanol–water partition coefficient (Wildman–Crippen LogP) is 3.04. The molecule has 0 fully saturated rings. The van der Waals surface area contributed by atoms with E-state index in [4.69, 9.17) is 0 Å². The molecule has 0 amide bonds. The van der Waals surface area contributed by atoms with E-state index in [2.05, 4.69) is 0 Å². The van der Waals surface area contributed by atoms with Crippen LogP contribution in [0.4, 0.5) is 8.78 Å². The maximum atomic E-state index is 12.6. The summed E-state index contributed by atoms with van der Waals surface area (Å²) in [4.78, 5) is 0. The molecule has 0 bridgehead atoms. The molecule has 0 heterocycles. The van der Waals surface area contributed by atoms with Crippen LogP contribution in [-0.4, -0.2) is 0 Å². The summed E-state index contributed by atoms with van der Waals surface area (Å²) < 4.78 is 25.0. The van der Waals surface area contributed by atoms with E-state index in [1.165, 1.54) is 18.2 Å². The summed E-state index contributed by atoms with van der Waals surface area (Å²) in [6.07, 6.45) is 4.04. The van der Waals surface area contributed by atoms with Crippen molar-refractivity contribution >= 4 is 0 Å². The minimum Gasteiger partial charge on any atom is -0.211 e. The normalized spacial score (nSPS) is 18.9. The van der Waals surface area contributed by atoms with Gasteiger partial charge in [0.15, 0.2) is 0 Å². The molecule has 54 valence electrons. The molecule has 0 unspecified atom stereocenters. The van der Waals surface area contributed by atoms with Gasteiger partial charge in [0.1, 0.15) is 11.7 Å². The number of rotatable bonds is 0. The molecule has 10 heavy (non-hydrogen) atoms. The molecule has 0 aromatic heterocycles. The minimum absolute atomic E-state index is 0.0691. The van der Waals surface area contributed by atoms with Crippen LogP contribution in [0.1, 0.15) is 13.3 Å². The molecule has 1 aliphatic carbocycles. The first kappa shape index (κ1) is 7.19. The Bertz CT molecular complexity index is 221. The van der Waals surface area contributed by atoms with Crippen LogP contribution >= 0.6 is 0 Å². The molecule has 0 radical (unpaired) electrons. The Hall–Kier alpha value is -0.920. The van der Waals surface area contributed by atoms with Crippen molar-refractivity contribution in [3.63, 3.8) is 0 Å². The van der Waals surface area contributed by atoms with Gasteiger partial charge in [-0.1, -0.05) is 6.08 Å². The summed E-state index contributed by atoms with van der Waals surface area (Å²) in [6, 6.07) is 0. The maximum absolute atomic E-state index is 12.6. The quantitative estimate of drug-likeness (QED) is 0.487. The van der Waals surface area contributed by atoms with E-state index >= 15 is 0 Å². The standard InChI is InChI=1S/C8H8F2/c1-6-2-3-7(9)4-5-8(6)10/h2-3,5H,4H2,1H3. The maximum Gasteiger partial charge on any atom is 0.122 e. The van der Waals surface area contributed by atoms with Crippen molar-refractivity contribution in [3.8, 4) is 0 Å². The first-order chi connectivity index (χ1) is 4.70. The van der Waals surface area contributed by atoms with Gasteiger partial charge in [-0.2, -0.15) is 0 Å². The molecule has 0 aliphatic heterocycles. The molecule has 0 saturated carbocycles. The van der Waals surface area contributed by atoms with Crippen LogP contribution in [0, 0.1) is 0 Å². The van der Waals surface area contributed by atoms with Crippen LogP contribution in [0.5, 0.6) is 0 Å². The topological polar surface area (TPSA) is 0 Å². The monoisotopic (exact) mass is 142 g/mol. The van der Waals surface area contributed by atoms with Gasteiger partial charge >= 0.3 is 0 Å². The van der Waals surface area contributed by atoms with Crippen molar-refractivity contribution in [3.05, 3.63) is 35.5 Å². The second kappa shape index (κ2) is 2.78. The Balaban J connectivity index is 2.90. The molecule has 0 saturated heterocycles. The van der Waals surface area contributed by atoms with Crippen molar-refractivity contribution in [2.45, 2.75) is 13.3 Å². The summed E-state index contributed by atoms with van der Waals surface area (Å²) >= 11 is 0. The Morgan fingerprint density at radius 1 is 1.30 bits per heavy atom. The first-order valence-corrected chi connectivity index (χ1v) is 3.09. The lowest BCUT2D eigenvalue weighted by Crippen LogP contribution is -1.73. The Morgan fingerprint density at radius 3 is 2.70 bits per heavy atom.